The minimum absolute atomic E-state index is 0.0413. The second kappa shape index (κ2) is 12.8. The number of aliphatic imine (C=N–C) groups is 2. The van der Waals surface area contributed by atoms with Gasteiger partial charge in [0.25, 0.3) is 0 Å². The molecular weight excluding hydrogens is 578 g/mol. The summed E-state index contributed by atoms with van der Waals surface area (Å²) in [6.45, 7) is 7.08. The normalized spacial score (nSPS) is 15.4. The molecule has 11 heteroatoms. The first-order valence-electron chi connectivity index (χ1n) is 13.6. The van der Waals surface area contributed by atoms with Gasteiger partial charge >= 0.3 is 12.4 Å². The highest BCUT2D eigenvalue weighted by atomic mass is 35.5. The topological polar surface area (TPSA) is 31.2 Å². The molecule has 42 heavy (non-hydrogen) atoms. The monoisotopic (exact) mass is 608 g/mol. The van der Waals surface area contributed by atoms with Crippen LogP contribution < -0.4 is 0 Å². The van der Waals surface area contributed by atoms with Crippen molar-refractivity contribution < 1.29 is 26.3 Å². The molecule has 3 aromatic carbocycles. The van der Waals surface area contributed by atoms with Crippen molar-refractivity contribution in [3.8, 4) is 0 Å². The highest BCUT2D eigenvalue weighted by molar-refractivity contribution is 6.33. The number of para-hydroxylation sites is 2. The molecule has 1 aliphatic rings. The molecule has 0 amide bonds. The molecule has 0 spiro atoms. The zero-order chi connectivity index (χ0) is 30.7. The van der Waals surface area contributed by atoms with Gasteiger partial charge in [0.15, 0.2) is 0 Å². The summed E-state index contributed by atoms with van der Waals surface area (Å²) in [6, 6.07) is 14.0. The molecule has 0 radical (unpaired) electrons. The number of amidine groups is 2. The van der Waals surface area contributed by atoms with E-state index in [0.29, 0.717) is 37.5 Å². The number of hydrogen-bond acceptors (Lipinski definition) is 2. The molecule has 0 aliphatic carbocycles. The summed E-state index contributed by atoms with van der Waals surface area (Å²) in [5.41, 5.74) is 0.169. The Hall–Kier alpha value is -3.53. The predicted octanol–water partition coefficient (Wildman–Crippen LogP) is 9.30. The number of aryl methyl sites for hydroxylation is 2. The van der Waals surface area contributed by atoms with E-state index in [4.69, 9.17) is 16.6 Å². The first-order valence-corrected chi connectivity index (χ1v) is 14.0. The van der Waals surface area contributed by atoms with Crippen LogP contribution >= 0.6 is 11.6 Å². The zero-order valence-corrected chi connectivity index (χ0v) is 24.2. The highest BCUT2D eigenvalue weighted by Gasteiger charge is 2.38. The van der Waals surface area contributed by atoms with Gasteiger partial charge in [0.2, 0.25) is 0 Å². The number of halogens is 7. The molecule has 4 nitrogen and oxygen atoms in total. The van der Waals surface area contributed by atoms with E-state index in [-0.39, 0.29) is 34.8 Å². The SMILES string of the molecule is CCc1cccc(CC)c1/N=C(\C)N1CCCN(/C(=N/c2ccccc2Cl)c2cc(C(F)(F)F)cc(C(F)(F)F)c2)C1. The summed E-state index contributed by atoms with van der Waals surface area (Å²) in [5, 5.41) is 0.216. The van der Waals surface area contributed by atoms with Crippen molar-refractivity contribution >= 4 is 34.6 Å². The van der Waals surface area contributed by atoms with Crippen LogP contribution in [0.5, 0.6) is 0 Å². The molecule has 0 saturated carbocycles. The summed E-state index contributed by atoms with van der Waals surface area (Å²) in [5.74, 6) is 0.646. The van der Waals surface area contributed by atoms with Crippen molar-refractivity contribution in [2.24, 2.45) is 9.98 Å². The number of rotatable bonds is 5. The third-order valence-electron chi connectivity index (χ3n) is 7.12. The Balaban J connectivity index is 1.81. The van der Waals surface area contributed by atoms with E-state index in [1.54, 1.807) is 29.2 Å². The summed E-state index contributed by atoms with van der Waals surface area (Å²) in [7, 11) is 0. The summed E-state index contributed by atoms with van der Waals surface area (Å²) in [6.07, 6.45) is -7.83. The molecule has 1 heterocycles. The maximum absolute atomic E-state index is 13.8. The molecular formula is C31H31ClF6N4. The molecule has 0 unspecified atom stereocenters. The number of nitrogens with zero attached hydrogens (tertiary/aromatic N) is 4. The lowest BCUT2D eigenvalue weighted by Gasteiger charge is -2.39. The van der Waals surface area contributed by atoms with Crippen LogP contribution in [0.1, 0.15) is 55.0 Å². The Labute approximate surface area is 246 Å². The van der Waals surface area contributed by atoms with Crippen LogP contribution in [-0.2, 0) is 25.2 Å². The van der Waals surface area contributed by atoms with Crippen molar-refractivity contribution in [2.75, 3.05) is 19.8 Å². The van der Waals surface area contributed by atoms with Crippen LogP contribution in [0.15, 0.2) is 70.6 Å². The lowest BCUT2D eigenvalue weighted by molar-refractivity contribution is -0.143. The average molecular weight is 609 g/mol. The smallest absolute Gasteiger partial charge is 0.342 e. The third-order valence-corrected chi connectivity index (χ3v) is 7.44. The maximum atomic E-state index is 13.8. The van der Waals surface area contributed by atoms with E-state index in [2.05, 4.69) is 4.99 Å². The molecule has 224 valence electrons. The van der Waals surface area contributed by atoms with Gasteiger partial charge in [-0.1, -0.05) is 55.8 Å². The van der Waals surface area contributed by atoms with Gasteiger partial charge in [0, 0.05) is 18.7 Å². The van der Waals surface area contributed by atoms with Gasteiger partial charge in [0.1, 0.15) is 11.7 Å². The van der Waals surface area contributed by atoms with Crippen molar-refractivity contribution in [1.29, 1.82) is 0 Å². The van der Waals surface area contributed by atoms with Gasteiger partial charge < -0.3 is 9.80 Å². The fourth-order valence-electron chi connectivity index (χ4n) is 4.89. The largest absolute Gasteiger partial charge is 0.416 e. The van der Waals surface area contributed by atoms with Gasteiger partial charge in [-0.3, -0.25) is 0 Å². The maximum Gasteiger partial charge on any atom is 0.416 e. The third kappa shape index (κ3) is 7.27. The molecule has 0 atom stereocenters. The fourth-order valence-corrected chi connectivity index (χ4v) is 5.06. The summed E-state index contributed by atoms with van der Waals surface area (Å²) < 4.78 is 82.6. The number of hydrogen-bond donors (Lipinski definition) is 0. The van der Waals surface area contributed by atoms with Crippen molar-refractivity contribution in [3.63, 3.8) is 0 Å². The number of benzene rings is 3. The second-order valence-electron chi connectivity index (χ2n) is 9.99. The van der Waals surface area contributed by atoms with E-state index in [1.807, 2.05) is 43.9 Å². The average Bonchev–Trinajstić information content (AvgIpc) is 2.95. The molecule has 0 aromatic heterocycles. The quantitative estimate of drug-likeness (QED) is 0.164. The molecule has 1 aliphatic heterocycles. The lowest BCUT2D eigenvalue weighted by atomic mass is 10.0. The molecule has 3 aromatic rings. The first kappa shape index (κ1) is 31.4. The summed E-state index contributed by atoms with van der Waals surface area (Å²) in [4.78, 5) is 13.1. The first-order chi connectivity index (χ1) is 19.8. The standard InChI is InChI=1S/C31H31ClF6N4/c1-4-21-10-8-11-22(5-2)28(21)39-20(3)41-14-9-15-42(19-41)29(40-27-13-7-6-12-26(27)32)23-16-24(30(33,34)35)18-25(17-23)31(36,37)38/h6-8,10-13,16-18H,4-5,9,14-15,19H2,1-3H3/b39-20+,40-29+. The van der Waals surface area contributed by atoms with Gasteiger partial charge in [-0.15, -0.1) is 0 Å². The Morgan fingerprint density at radius 2 is 1.36 bits per heavy atom. The predicted molar refractivity (Wildman–Crippen MR) is 155 cm³/mol. The lowest BCUT2D eigenvalue weighted by Crippen LogP contribution is -2.49. The van der Waals surface area contributed by atoms with Gasteiger partial charge in [-0.2, -0.15) is 26.3 Å². The Bertz CT molecular complexity index is 1420. The van der Waals surface area contributed by atoms with Gasteiger partial charge in [-0.25, -0.2) is 9.98 Å². The van der Waals surface area contributed by atoms with Gasteiger partial charge in [-0.05, 0) is 67.6 Å². The van der Waals surface area contributed by atoms with Crippen molar-refractivity contribution in [3.05, 3.63) is 93.5 Å². The van der Waals surface area contributed by atoms with Crippen LogP contribution in [0, 0.1) is 0 Å². The van der Waals surface area contributed by atoms with E-state index in [9.17, 15) is 26.3 Å². The molecule has 0 bridgehead atoms. The zero-order valence-electron chi connectivity index (χ0n) is 23.5. The van der Waals surface area contributed by atoms with E-state index < -0.39 is 23.5 Å². The summed E-state index contributed by atoms with van der Waals surface area (Å²) >= 11 is 6.31. The van der Waals surface area contributed by atoms with Crippen LogP contribution in [-0.4, -0.2) is 41.2 Å². The molecule has 1 saturated heterocycles. The molecule has 0 N–H and O–H groups in total. The fraction of sp³-hybridized carbons (Fsp3) is 0.355. The van der Waals surface area contributed by atoms with Gasteiger partial charge in [0.05, 0.1) is 34.2 Å². The second-order valence-corrected chi connectivity index (χ2v) is 10.4. The molecule has 1 fully saturated rings. The highest BCUT2D eigenvalue weighted by Crippen LogP contribution is 2.37. The van der Waals surface area contributed by atoms with E-state index >= 15 is 0 Å². The van der Waals surface area contributed by atoms with Crippen LogP contribution in [0.25, 0.3) is 0 Å². The Morgan fingerprint density at radius 1 is 0.786 bits per heavy atom. The van der Waals surface area contributed by atoms with Crippen LogP contribution in [0.2, 0.25) is 5.02 Å². The van der Waals surface area contributed by atoms with Crippen molar-refractivity contribution in [1.82, 2.24) is 9.80 Å². The van der Waals surface area contributed by atoms with Crippen LogP contribution in [0.3, 0.4) is 0 Å². The van der Waals surface area contributed by atoms with Crippen molar-refractivity contribution in [2.45, 2.75) is 52.4 Å². The minimum atomic E-state index is -4.99. The Kier molecular flexibility index (Phi) is 9.55. The van der Waals surface area contributed by atoms with E-state index in [1.165, 1.54) is 0 Å². The van der Waals surface area contributed by atoms with Crippen LogP contribution in [0.4, 0.5) is 37.7 Å². The minimum Gasteiger partial charge on any atom is -0.342 e. The Morgan fingerprint density at radius 3 is 1.90 bits per heavy atom. The number of alkyl halides is 6. The van der Waals surface area contributed by atoms with E-state index in [0.717, 1.165) is 29.7 Å². The molecule has 4 rings (SSSR count).